The molecule has 4 aromatic rings. The lowest BCUT2D eigenvalue weighted by molar-refractivity contribution is -0.132. The highest BCUT2D eigenvalue weighted by atomic mass is 35.5. The molecule has 3 aromatic carbocycles. The number of para-hydroxylation sites is 1. The van der Waals surface area contributed by atoms with Crippen molar-refractivity contribution in [2.75, 3.05) is 18.1 Å². The number of ether oxygens (including phenoxy) is 2. The smallest absolute Gasteiger partial charge is 0.300 e. The SMILES string of the molecule is CCOc1ccc(/C(O)=C2\C(=O)C(=O)N(c3cccc(Cl)c3)C2c2c(C)[nH]c3ccccc23)c(OCC)c1. The second kappa shape index (κ2) is 10.3. The molecule has 2 heterocycles. The maximum atomic E-state index is 13.7. The summed E-state index contributed by atoms with van der Waals surface area (Å²) in [6.07, 6.45) is 0. The van der Waals surface area contributed by atoms with Crippen LogP contribution in [-0.4, -0.2) is 35.0 Å². The third kappa shape index (κ3) is 4.29. The highest BCUT2D eigenvalue weighted by molar-refractivity contribution is 6.52. The number of carbonyl (C=O) groups excluding carboxylic acids is 2. The summed E-state index contributed by atoms with van der Waals surface area (Å²) >= 11 is 6.28. The summed E-state index contributed by atoms with van der Waals surface area (Å²) in [6.45, 7) is 6.37. The Balaban J connectivity index is 1.80. The fourth-order valence-electron chi connectivity index (χ4n) is 5.02. The van der Waals surface area contributed by atoms with Crippen LogP contribution in [0, 0.1) is 6.92 Å². The first-order valence-electron chi connectivity index (χ1n) is 12.4. The molecule has 2 N–H and O–H groups in total. The van der Waals surface area contributed by atoms with E-state index >= 15 is 0 Å². The summed E-state index contributed by atoms with van der Waals surface area (Å²) in [7, 11) is 0. The van der Waals surface area contributed by atoms with Crippen molar-refractivity contribution in [2.24, 2.45) is 0 Å². The molecule has 1 aliphatic heterocycles. The highest BCUT2D eigenvalue weighted by Crippen LogP contribution is 2.46. The topological polar surface area (TPSA) is 91.9 Å². The molecule has 0 spiro atoms. The number of aromatic nitrogens is 1. The number of carbonyl (C=O) groups is 2. The van der Waals surface area contributed by atoms with Crippen molar-refractivity contribution in [3.63, 3.8) is 0 Å². The molecule has 194 valence electrons. The number of halogens is 1. The molecular weight excluding hydrogens is 504 g/mol. The van der Waals surface area contributed by atoms with Gasteiger partial charge in [-0.1, -0.05) is 35.9 Å². The lowest BCUT2D eigenvalue weighted by Crippen LogP contribution is -2.29. The predicted molar refractivity (Wildman–Crippen MR) is 148 cm³/mol. The van der Waals surface area contributed by atoms with E-state index in [0.717, 1.165) is 16.6 Å². The van der Waals surface area contributed by atoms with Gasteiger partial charge in [-0.3, -0.25) is 14.5 Å². The average molecular weight is 531 g/mol. The molecule has 1 amide bonds. The molecule has 0 aliphatic carbocycles. The van der Waals surface area contributed by atoms with E-state index in [4.69, 9.17) is 21.1 Å². The minimum atomic E-state index is -0.911. The van der Waals surface area contributed by atoms with Crippen molar-refractivity contribution < 1.29 is 24.2 Å². The lowest BCUT2D eigenvalue weighted by Gasteiger charge is -2.26. The van der Waals surface area contributed by atoms with Crippen LogP contribution in [0.15, 0.2) is 72.3 Å². The van der Waals surface area contributed by atoms with E-state index in [1.54, 1.807) is 42.5 Å². The van der Waals surface area contributed by atoms with Crippen molar-refractivity contribution in [1.29, 1.82) is 0 Å². The molecule has 1 aliphatic rings. The Hall–Kier alpha value is -4.23. The maximum absolute atomic E-state index is 13.7. The normalized spacial score (nSPS) is 16.8. The molecule has 7 nitrogen and oxygen atoms in total. The van der Waals surface area contributed by atoms with Gasteiger partial charge in [0.05, 0.1) is 30.4 Å². The Kier molecular flexibility index (Phi) is 6.87. The second-order valence-corrected chi connectivity index (χ2v) is 9.32. The number of aliphatic hydroxyl groups excluding tert-OH is 1. The number of aromatic amines is 1. The van der Waals surface area contributed by atoms with E-state index in [-0.39, 0.29) is 11.3 Å². The molecule has 1 aromatic heterocycles. The first-order chi connectivity index (χ1) is 18.3. The number of anilines is 1. The molecular formula is C30H27ClN2O5. The second-order valence-electron chi connectivity index (χ2n) is 8.88. The van der Waals surface area contributed by atoms with Crippen LogP contribution >= 0.6 is 11.6 Å². The third-order valence-corrected chi connectivity index (χ3v) is 6.80. The Labute approximate surface area is 225 Å². The molecule has 38 heavy (non-hydrogen) atoms. The number of benzene rings is 3. The number of hydrogen-bond acceptors (Lipinski definition) is 5. The Morgan fingerprint density at radius 3 is 2.50 bits per heavy atom. The molecule has 5 rings (SSSR count). The monoisotopic (exact) mass is 530 g/mol. The summed E-state index contributed by atoms with van der Waals surface area (Å²) in [4.78, 5) is 32.0. The Morgan fingerprint density at radius 2 is 1.76 bits per heavy atom. The van der Waals surface area contributed by atoms with Crippen molar-refractivity contribution in [1.82, 2.24) is 4.98 Å². The van der Waals surface area contributed by atoms with Crippen molar-refractivity contribution >= 4 is 45.6 Å². The molecule has 8 heteroatoms. The van der Waals surface area contributed by atoms with E-state index in [1.807, 2.05) is 45.0 Å². The number of hydrogen-bond donors (Lipinski definition) is 2. The number of Topliss-reactive ketones (excluding diaryl/α,β-unsaturated/α-hetero) is 1. The van der Waals surface area contributed by atoms with Gasteiger partial charge < -0.3 is 19.6 Å². The van der Waals surface area contributed by atoms with E-state index in [0.29, 0.717) is 46.5 Å². The van der Waals surface area contributed by atoms with Gasteiger partial charge in [0.15, 0.2) is 0 Å². The fraction of sp³-hybridized carbons (Fsp3) is 0.200. The van der Waals surface area contributed by atoms with Gasteiger partial charge in [-0.2, -0.15) is 0 Å². The van der Waals surface area contributed by atoms with Crippen LogP contribution in [0.1, 0.15) is 36.7 Å². The van der Waals surface area contributed by atoms with E-state index in [1.165, 1.54) is 4.90 Å². The Bertz CT molecular complexity index is 1590. The van der Waals surface area contributed by atoms with Crippen LogP contribution in [0.4, 0.5) is 5.69 Å². The summed E-state index contributed by atoms with van der Waals surface area (Å²) in [5.74, 6) is -0.967. The Morgan fingerprint density at radius 1 is 1.00 bits per heavy atom. The van der Waals surface area contributed by atoms with E-state index in [2.05, 4.69) is 4.98 Å². The zero-order chi connectivity index (χ0) is 27.0. The largest absolute Gasteiger partial charge is 0.507 e. The molecule has 1 fully saturated rings. The van der Waals surface area contributed by atoms with Gasteiger partial charge >= 0.3 is 0 Å². The summed E-state index contributed by atoms with van der Waals surface area (Å²) in [6, 6.07) is 18.5. The van der Waals surface area contributed by atoms with Gasteiger partial charge in [-0.25, -0.2) is 0 Å². The summed E-state index contributed by atoms with van der Waals surface area (Å²) in [5, 5.41) is 13.0. The number of H-pyrrole nitrogens is 1. The standard InChI is InChI=1S/C30H27ClN2O5/c1-4-37-20-13-14-22(24(16-20)38-5-2)28(34)26-27(25-17(3)32-23-12-7-6-11-21(23)25)33(30(36)29(26)35)19-10-8-9-18(31)15-19/h6-16,27,32,34H,4-5H2,1-3H3/b28-26+. The number of fused-ring (bicyclic) bond motifs is 1. The predicted octanol–water partition coefficient (Wildman–Crippen LogP) is 6.55. The zero-order valence-corrected chi connectivity index (χ0v) is 22.0. The minimum absolute atomic E-state index is 0.0343. The van der Waals surface area contributed by atoms with Crippen LogP contribution in [0.2, 0.25) is 5.02 Å². The highest BCUT2D eigenvalue weighted by Gasteiger charge is 2.48. The van der Waals surface area contributed by atoms with Gasteiger partial charge in [-0.05, 0) is 57.2 Å². The van der Waals surface area contributed by atoms with Crippen LogP contribution in [0.25, 0.3) is 16.7 Å². The molecule has 1 saturated heterocycles. The van der Waals surface area contributed by atoms with Gasteiger partial charge in [-0.15, -0.1) is 0 Å². The van der Waals surface area contributed by atoms with Gasteiger partial charge in [0.1, 0.15) is 17.3 Å². The first-order valence-corrected chi connectivity index (χ1v) is 12.8. The van der Waals surface area contributed by atoms with Crippen molar-refractivity contribution in [3.8, 4) is 11.5 Å². The number of ketones is 1. The van der Waals surface area contributed by atoms with Crippen LogP contribution < -0.4 is 14.4 Å². The number of aliphatic hydroxyl groups is 1. The maximum Gasteiger partial charge on any atom is 0.300 e. The molecule has 0 saturated carbocycles. The number of rotatable bonds is 7. The number of aryl methyl sites for hydroxylation is 1. The fourth-order valence-corrected chi connectivity index (χ4v) is 5.21. The van der Waals surface area contributed by atoms with Crippen molar-refractivity contribution in [3.05, 3.63) is 94.1 Å². The summed E-state index contributed by atoms with van der Waals surface area (Å²) < 4.78 is 11.4. The van der Waals surface area contributed by atoms with E-state index < -0.39 is 17.7 Å². The molecule has 0 bridgehead atoms. The minimum Gasteiger partial charge on any atom is -0.507 e. The number of nitrogens with zero attached hydrogens (tertiary/aromatic N) is 1. The average Bonchev–Trinajstić information content (AvgIpc) is 3.36. The van der Waals surface area contributed by atoms with Crippen LogP contribution in [0.5, 0.6) is 11.5 Å². The molecule has 0 radical (unpaired) electrons. The van der Waals surface area contributed by atoms with Gasteiger partial charge in [0.2, 0.25) is 0 Å². The van der Waals surface area contributed by atoms with E-state index in [9.17, 15) is 14.7 Å². The quantitative estimate of drug-likeness (QED) is 0.160. The first kappa shape index (κ1) is 25.4. The molecule has 1 atom stereocenters. The third-order valence-electron chi connectivity index (χ3n) is 6.57. The number of nitrogens with one attached hydrogen (secondary N) is 1. The summed E-state index contributed by atoms with van der Waals surface area (Å²) in [5.41, 5.74) is 3.05. The number of amides is 1. The zero-order valence-electron chi connectivity index (χ0n) is 21.2. The van der Waals surface area contributed by atoms with Crippen LogP contribution in [-0.2, 0) is 9.59 Å². The lowest BCUT2D eigenvalue weighted by atomic mass is 9.93. The molecule has 1 unspecified atom stereocenters. The van der Waals surface area contributed by atoms with Crippen molar-refractivity contribution in [2.45, 2.75) is 26.8 Å². The van der Waals surface area contributed by atoms with Gasteiger partial charge in [0.25, 0.3) is 11.7 Å². The van der Waals surface area contributed by atoms with Crippen LogP contribution in [0.3, 0.4) is 0 Å². The van der Waals surface area contributed by atoms with Gasteiger partial charge in [0, 0.05) is 38.9 Å².